The molecule has 0 aliphatic carbocycles. The number of aromatic nitrogens is 1. The van der Waals surface area contributed by atoms with Gasteiger partial charge >= 0.3 is 5.97 Å². The molecule has 0 aliphatic heterocycles. The number of nitrogens with one attached hydrogen (secondary N) is 1. The summed E-state index contributed by atoms with van der Waals surface area (Å²) in [6.45, 7) is 0.859. The van der Waals surface area contributed by atoms with Crippen molar-refractivity contribution >= 4 is 22.8 Å². The topological polar surface area (TPSA) is 82.6 Å². The first-order valence-electron chi connectivity index (χ1n) is 9.25. The Morgan fingerprint density at radius 2 is 1.89 bits per heavy atom. The minimum atomic E-state index is -0.853. The minimum Gasteiger partial charge on any atom is -0.496 e. The molecule has 3 rings (SSSR count). The SMILES string of the molecule is COc1cccc2[nH]cc(CC(=O)N(CCCC(=O)O)Cc3ccccc3)c12. The smallest absolute Gasteiger partial charge is 0.303 e. The second-order valence-electron chi connectivity index (χ2n) is 6.67. The highest BCUT2D eigenvalue weighted by molar-refractivity contribution is 5.93. The normalized spacial score (nSPS) is 10.8. The number of carboxylic acid groups (broad SMARTS) is 1. The lowest BCUT2D eigenvalue weighted by Crippen LogP contribution is -2.33. The van der Waals surface area contributed by atoms with E-state index in [1.54, 1.807) is 12.0 Å². The van der Waals surface area contributed by atoms with Gasteiger partial charge in [-0.05, 0) is 29.7 Å². The van der Waals surface area contributed by atoms with Gasteiger partial charge in [-0.3, -0.25) is 9.59 Å². The van der Waals surface area contributed by atoms with Crippen molar-refractivity contribution in [3.63, 3.8) is 0 Å². The third-order valence-corrected chi connectivity index (χ3v) is 4.70. The Bertz CT molecular complexity index is 950. The highest BCUT2D eigenvalue weighted by Crippen LogP contribution is 2.29. The van der Waals surface area contributed by atoms with E-state index in [2.05, 4.69) is 4.98 Å². The van der Waals surface area contributed by atoms with Gasteiger partial charge in [0.1, 0.15) is 5.75 Å². The number of benzene rings is 2. The average molecular weight is 380 g/mol. The third kappa shape index (κ3) is 4.71. The first kappa shape index (κ1) is 19.5. The summed E-state index contributed by atoms with van der Waals surface area (Å²) < 4.78 is 5.45. The zero-order chi connectivity index (χ0) is 19.9. The quantitative estimate of drug-likeness (QED) is 0.594. The predicted molar refractivity (Wildman–Crippen MR) is 107 cm³/mol. The number of aliphatic carboxylic acids is 1. The maximum absolute atomic E-state index is 13.1. The van der Waals surface area contributed by atoms with E-state index < -0.39 is 5.97 Å². The van der Waals surface area contributed by atoms with Gasteiger partial charge in [-0.2, -0.15) is 0 Å². The zero-order valence-electron chi connectivity index (χ0n) is 15.9. The molecule has 0 spiro atoms. The fourth-order valence-corrected chi connectivity index (χ4v) is 3.32. The van der Waals surface area contributed by atoms with Crippen molar-refractivity contribution in [2.75, 3.05) is 13.7 Å². The molecule has 0 bridgehead atoms. The van der Waals surface area contributed by atoms with Crippen molar-refractivity contribution in [2.24, 2.45) is 0 Å². The van der Waals surface area contributed by atoms with Crippen molar-refractivity contribution in [1.82, 2.24) is 9.88 Å². The number of carbonyl (C=O) groups is 2. The number of carbonyl (C=O) groups excluding carboxylic acids is 1. The average Bonchev–Trinajstić information content (AvgIpc) is 3.10. The molecule has 1 amide bonds. The second-order valence-corrected chi connectivity index (χ2v) is 6.67. The summed E-state index contributed by atoms with van der Waals surface area (Å²) in [5.41, 5.74) is 2.80. The number of rotatable bonds is 9. The molecule has 146 valence electrons. The van der Waals surface area contributed by atoms with Crippen LogP contribution in [0, 0.1) is 0 Å². The number of carboxylic acids is 1. The summed E-state index contributed by atoms with van der Waals surface area (Å²) in [5, 5.41) is 9.82. The van der Waals surface area contributed by atoms with E-state index in [-0.39, 0.29) is 18.7 Å². The van der Waals surface area contributed by atoms with Crippen molar-refractivity contribution in [2.45, 2.75) is 25.8 Å². The minimum absolute atomic E-state index is 0.0407. The van der Waals surface area contributed by atoms with Crippen LogP contribution in [0.3, 0.4) is 0 Å². The lowest BCUT2D eigenvalue weighted by Gasteiger charge is -2.23. The van der Waals surface area contributed by atoms with Gasteiger partial charge in [0.05, 0.1) is 13.5 Å². The van der Waals surface area contributed by atoms with E-state index in [1.807, 2.05) is 54.7 Å². The van der Waals surface area contributed by atoms with Crippen LogP contribution in [0.4, 0.5) is 0 Å². The molecule has 6 nitrogen and oxygen atoms in total. The van der Waals surface area contributed by atoms with Gasteiger partial charge in [-0.25, -0.2) is 0 Å². The summed E-state index contributed by atoms with van der Waals surface area (Å²) in [6, 6.07) is 15.4. The van der Waals surface area contributed by atoms with Crippen LogP contribution >= 0.6 is 0 Å². The molecule has 0 saturated heterocycles. The molecular weight excluding hydrogens is 356 g/mol. The number of fused-ring (bicyclic) bond motifs is 1. The van der Waals surface area contributed by atoms with E-state index in [4.69, 9.17) is 9.84 Å². The first-order valence-corrected chi connectivity index (χ1v) is 9.25. The maximum Gasteiger partial charge on any atom is 0.303 e. The van der Waals surface area contributed by atoms with Crippen LogP contribution in [-0.4, -0.2) is 40.5 Å². The number of hydrogen-bond donors (Lipinski definition) is 2. The van der Waals surface area contributed by atoms with Gasteiger partial charge < -0.3 is 19.7 Å². The summed E-state index contributed by atoms with van der Waals surface area (Å²) >= 11 is 0. The Morgan fingerprint density at radius 3 is 2.61 bits per heavy atom. The highest BCUT2D eigenvalue weighted by atomic mass is 16.5. The molecule has 2 aromatic carbocycles. The molecule has 2 N–H and O–H groups in total. The molecule has 0 radical (unpaired) electrons. The monoisotopic (exact) mass is 380 g/mol. The van der Waals surface area contributed by atoms with Crippen molar-refractivity contribution < 1.29 is 19.4 Å². The fourth-order valence-electron chi connectivity index (χ4n) is 3.32. The Labute approximate surface area is 163 Å². The van der Waals surface area contributed by atoms with E-state index in [1.165, 1.54) is 0 Å². The molecule has 0 atom stereocenters. The van der Waals surface area contributed by atoms with Crippen molar-refractivity contribution in [3.8, 4) is 5.75 Å². The molecule has 1 aromatic heterocycles. The van der Waals surface area contributed by atoms with E-state index in [9.17, 15) is 9.59 Å². The van der Waals surface area contributed by atoms with Gasteiger partial charge in [0.15, 0.2) is 0 Å². The molecule has 3 aromatic rings. The van der Waals surface area contributed by atoms with Crippen LogP contribution in [0.15, 0.2) is 54.7 Å². The van der Waals surface area contributed by atoms with Crippen LogP contribution < -0.4 is 4.74 Å². The molecule has 1 heterocycles. The molecule has 0 unspecified atom stereocenters. The standard InChI is InChI=1S/C22H24N2O4/c1-28-19-10-5-9-18-22(19)17(14-23-18)13-20(25)24(12-6-11-21(26)27)15-16-7-3-2-4-8-16/h2-5,7-10,14,23H,6,11-13,15H2,1H3,(H,26,27). The molecule has 0 aliphatic rings. The first-order chi connectivity index (χ1) is 13.6. The van der Waals surface area contributed by atoms with Gasteiger partial charge in [0, 0.05) is 36.6 Å². The summed E-state index contributed by atoms with van der Waals surface area (Å²) in [7, 11) is 1.61. The number of H-pyrrole nitrogens is 1. The Morgan fingerprint density at radius 1 is 1.11 bits per heavy atom. The lowest BCUT2D eigenvalue weighted by atomic mass is 10.1. The number of nitrogens with zero attached hydrogens (tertiary/aromatic N) is 1. The molecule has 0 saturated carbocycles. The molecular formula is C22H24N2O4. The van der Waals surface area contributed by atoms with Gasteiger partial charge in [-0.1, -0.05) is 36.4 Å². The highest BCUT2D eigenvalue weighted by Gasteiger charge is 2.18. The Hall–Kier alpha value is -3.28. The van der Waals surface area contributed by atoms with E-state index in [0.717, 1.165) is 27.8 Å². The number of methoxy groups -OCH3 is 1. The molecule has 6 heteroatoms. The number of hydrogen-bond acceptors (Lipinski definition) is 3. The second kappa shape index (κ2) is 9.08. The van der Waals surface area contributed by atoms with Crippen LogP contribution in [0.1, 0.15) is 24.0 Å². The fraction of sp³-hybridized carbons (Fsp3) is 0.273. The van der Waals surface area contributed by atoms with Crippen LogP contribution in [0.5, 0.6) is 5.75 Å². The predicted octanol–water partition coefficient (Wildman–Crippen LogP) is 3.61. The summed E-state index contributed by atoms with van der Waals surface area (Å²) in [4.78, 5) is 28.8. The molecule has 28 heavy (non-hydrogen) atoms. The van der Waals surface area contributed by atoms with Gasteiger partial charge in [0.25, 0.3) is 0 Å². The number of aromatic amines is 1. The third-order valence-electron chi connectivity index (χ3n) is 4.70. The van der Waals surface area contributed by atoms with Crippen LogP contribution in [0.2, 0.25) is 0 Å². The number of amides is 1. The largest absolute Gasteiger partial charge is 0.496 e. The van der Waals surface area contributed by atoms with Crippen LogP contribution in [-0.2, 0) is 22.6 Å². The van der Waals surface area contributed by atoms with Gasteiger partial charge in [0.2, 0.25) is 5.91 Å². The number of ether oxygens (including phenoxy) is 1. The van der Waals surface area contributed by atoms with E-state index in [0.29, 0.717) is 19.5 Å². The summed E-state index contributed by atoms with van der Waals surface area (Å²) in [5.74, 6) is -0.170. The maximum atomic E-state index is 13.1. The van der Waals surface area contributed by atoms with Crippen molar-refractivity contribution in [1.29, 1.82) is 0 Å². The van der Waals surface area contributed by atoms with Crippen LogP contribution in [0.25, 0.3) is 10.9 Å². The Balaban J connectivity index is 1.79. The summed E-state index contributed by atoms with van der Waals surface area (Å²) in [6.07, 6.45) is 2.52. The van der Waals surface area contributed by atoms with Gasteiger partial charge in [-0.15, -0.1) is 0 Å². The van der Waals surface area contributed by atoms with Crippen molar-refractivity contribution in [3.05, 3.63) is 65.9 Å². The lowest BCUT2D eigenvalue weighted by molar-refractivity contribution is -0.138. The molecule has 0 fully saturated rings. The van der Waals surface area contributed by atoms with E-state index >= 15 is 0 Å². The Kier molecular flexibility index (Phi) is 6.32. The zero-order valence-corrected chi connectivity index (χ0v) is 15.9.